The lowest BCUT2D eigenvalue weighted by Crippen LogP contribution is -2.41. The molecule has 34 heavy (non-hydrogen) atoms. The van der Waals surface area contributed by atoms with E-state index in [4.69, 9.17) is 4.74 Å². The van der Waals surface area contributed by atoms with E-state index in [0.717, 1.165) is 45.7 Å². The minimum atomic E-state index is -3.95. The van der Waals surface area contributed by atoms with Gasteiger partial charge in [-0.15, -0.1) is 11.3 Å². The van der Waals surface area contributed by atoms with Gasteiger partial charge in [-0.25, -0.2) is 13.4 Å². The Morgan fingerprint density at radius 3 is 2.74 bits per heavy atom. The molecule has 10 nitrogen and oxygen atoms in total. The molecule has 1 aliphatic carbocycles. The van der Waals surface area contributed by atoms with Crippen LogP contribution in [0, 0.1) is 6.92 Å². The second kappa shape index (κ2) is 9.80. The summed E-state index contributed by atoms with van der Waals surface area (Å²) in [5.74, 6) is -1.46. The molecule has 2 N–H and O–H groups in total. The first kappa shape index (κ1) is 24.3. The number of ether oxygens (including phenoxy) is 1. The van der Waals surface area contributed by atoms with Crippen molar-refractivity contribution in [3.63, 3.8) is 0 Å². The van der Waals surface area contributed by atoms with E-state index in [2.05, 4.69) is 20.7 Å². The van der Waals surface area contributed by atoms with E-state index >= 15 is 0 Å². The van der Waals surface area contributed by atoms with Gasteiger partial charge in [-0.1, -0.05) is 0 Å². The number of hydrogen-bond donors (Lipinski definition) is 2. The van der Waals surface area contributed by atoms with Gasteiger partial charge in [0.1, 0.15) is 5.01 Å². The van der Waals surface area contributed by atoms with Crippen molar-refractivity contribution in [3.8, 4) is 11.3 Å². The Balaban J connectivity index is 1.66. The number of amides is 2. The maximum atomic E-state index is 13.1. The zero-order valence-electron chi connectivity index (χ0n) is 19.2. The van der Waals surface area contributed by atoms with E-state index in [0.29, 0.717) is 5.52 Å². The van der Waals surface area contributed by atoms with Crippen LogP contribution in [0.1, 0.15) is 28.7 Å². The largest absolute Gasteiger partial charge is 0.384 e. The minimum absolute atomic E-state index is 0.0527. The van der Waals surface area contributed by atoms with Crippen LogP contribution in [0.25, 0.3) is 21.5 Å². The van der Waals surface area contributed by atoms with Crippen LogP contribution in [-0.2, 0) is 31.2 Å². The van der Waals surface area contributed by atoms with Gasteiger partial charge in [0.25, 0.3) is 0 Å². The van der Waals surface area contributed by atoms with Gasteiger partial charge >= 0.3 is 0 Å². The third-order valence-corrected chi connectivity index (χ3v) is 8.73. The van der Waals surface area contributed by atoms with Crippen LogP contribution >= 0.6 is 11.3 Å². The summed E-state index contributed by atoms with van der Waals surface area (Å²) in [6.45, 7) is 1.60. The molecule has 0 aliphatic heterocycles. The van der Waals surface area contributed by atoms with Crippen LogP contribution in [0.15, 0.2) is 24.4 Å². The van der Waals surface area contributed by atoms with Gasteiger partial charge in [-0.3, -0.25) is 14.3 Å². The predicted molar refractivity (Wildman–Crippen MR) is 129 cm³/mol. The number of rotatable bonds is 10. The molecule has 2 amide bonds. The molecule has 1 aromatic carbocycles. The highest BCUT2D eigenvalue weighted by Gasteiger charge is 2.37. The standard InChI is InChI=1S/C22H27N5O5S2/c1-13-10-16-18(11-15(13)17-6-7-24-27(17)2)33-22(26-16)20(34(30,31)9-8-32-3)21(29)23-12-19(28)25-14-4-5-14/h6-7,10-11,14,20H,4-5,8-9,12H2,1-3H3,(H,23,29)(H,25,28). The summed E-state index contributed by atoms with van der Waals surface area (Å²) in [5, 5.41) is 8.09. The number of methoxy groups -OCH3 is 1. The molecule has 0 saturated heterocycles. The average Bonchev–Trinajstić information content (AvgIpc) is 3.35. The molecule has 1 atom stereocenters. The molecule has 3 aromatic rings. The first-order chi connectivity index (χ1) is 16.2. The van der Waals surface area contributed by atoms with Crippen molar-refractivity contribution in [1.29, 1.82) is 0 Å². The van der Waals surface area contributed by atoms with Gasteiger partial charge in [0.15, 0.2) is 15.1 Å². The van der Waals surface area contributed by atoms with Crippen LogP contribution in [0.5, 0.6) is 0 Å². The van der Waals surface area contributed by atoms with Gasteiger partial charge in [0.2, 0.25) is 11.8 Å². The molecule has 182 valence electrons. The molecular formula is C22H27N5O5S2. The number of sulfone groups is 1. The van der Waals surface area contributed by atoms with Gasteiger partial charge in [0.05, 0.1) is 34.8 Å². The molecule has 4 rings (SSSR count). The molecule has 1 saturated carbocycles. The SMILES string of the molecule is COCCS(=O)(=O)C(C(=O)NCC(=O)NC1CC1)c1nc2cc(C)c(-c3ccnn3C)cc2s1. The van der Waals surface area contributed by atoms with Crippen molar-refractivity contribution >= 4 is 43.2 Å². The summed E-state index contributed by atoms with van der Waals surface area (Å²) in [4.78, 5) is 29.6. The van der Waals surface area contributed by atoms with E-state index in [-0.39, 0.29) is 35.9 Å². The van der Waals surface area contributed by atoms with Crippen molar-refractivity contribution in [2.24, 2.45) is 7.05 Å². The molecule has 1 unspecified atom stereocenters. The lowest BCUT2D eigenvalue weighted by atomic mass is 10.1. The summed E-state index contributed by atoms with van der Waals surface area (Å²) < 4.78 is 33.7. The van der Waals surface area contributed by atoms with Crippen LogP contribution in [0.4, 0.5) is 0 Å². The lowest BCUT2D eigenvalue weighted by molar-refractivity contribution is -0.126. The van der Waals surface area contributed by atoms with Gasteiger partial charge in [0, 0.05) is 32.0 Å². The molecular weight excluding hydrogens is 478 g/mol. The number of fused-ring (bicyclic) bond motifs is 1. The zero-order valence-corrected chi connectivity index (χ0v) is 20.8. The number of carbonyl (C=O) groups excluding carboxylic acids is 2. The Morgan fingerprint density at radius 1 is 1.32 bits per heavy atom. The normalized spacial score (nSPS) is 14.8. The molecule has 2 aromatic heterocycles. The summed E-state index contributed by atoms with van der Waals surface area (Å²) in [7, 11) is -0.706. The first-order valence-electron chi connectivity index (χ1n) is 10.9. The average molecular weight is 506 g/mol. The summed E-state index contributed by atoms with van der Waals surface area (Å²) in [5.41, 5.74) is 3.42. The molecule has 1 aliphatic rings. The van der Waals surface area contributed by atoms with Crippen LogP contribution in [-0.4, -0.2) is 67.1 Å². The Kier molecular flexibility index (Phi) is 7.01. The van der Waals surface area contributed by atoms with E-state index in [1.165, 1.54) is 7.11 Å². The van der Waals surface area contributed by atoms with Gasteiger partial charge < -0.3 is 15.4 Å². The third-order valence-electron chi connectivity index (χ3n) is 5.61. The zero-order chi connectivity index (χ0) is 24.5. The topological polar surface area (TPSA) is 132 Å². The second-order valence-electron chi connectivity index (χ2n) is 8.33. The molecule has 0 radical (unpaired) electrons. The number of aromatic nitrogens is 3. The van der Waals surface area contributed by atoms with E-state index < -0.39 is 21.0 Å². The number of hydrogen-bond acceptors (Lipinski definition) is 8. The monoisotopic (exact) mass is 505 g/mol. The highest BCUT2D eigenvalue weighted by molar-refractivity contribution is 7.92. The van der Waals surface area contributed by atoms with Crippen molar-refractivity contribution in [3.05, 3.63) is 35.0 Å². The van der Waals surface area contributed by atoms with Crippen molar-refractivity contribution in [2.45, 2.75) is 31.1 Å². The smallest absolute Gasteiger partial charge is 0.245 e. The number of nitrogens with zero attached hydrogens (tertiary/aromatic N) is 3. The van der Waals surface area contributed by atoms with Crippen molar-refractivity contribution in [1.82, 2.24) is 25.4 Å². The predicted octanol–water partition coefficient (Wildman–Crippen LogP) is 1.50. The molecule has 0 spiro atoms. The number of thiazole rings is 1. The Labute approximate surface area is 201 Å². The lowest BCUT2D eigenvalue weighted by Gasteiger charge is -2.15. The molecule has 2 heterocycles. The summed E-state index contributed by atoms with van der Waals surface area (Å²) in [6.07, 6.45) is 3.54. The Hall–Kier alpha value is -2.83. The Bertz CT molecular complexity index is 1330. The fraction of sp³-hybridized carbons (Fsp3) is 0.455. The van der Waals surface area contributed by atoms with E-state index in [9.17, 15) is 18.0 Å². The van der Waals surface area contributed by atoms with Crippen molar-refractivity contribution < 1.29 is 22.7 Å². The highest BCUT2D eigenvalue weighted by Crippen LogP contribution is 2.35. The fourth-order valence-corrected chi connectivity index (χ4v) is 6.59. The van der Waals surface area contributed by atoms with Gasteiger partial charge in [-0.05, 0) is 43.5 Å². The van der Waals surface area contributed by atoms with E-state index in [1.54, 1.807) is 10.9 Å². The van der Waals surface area contributed by atoms with Crippen LogP contribution in [0.3, 0.4) is 0 Å². The number of nitrogens with one attached hydrogen (secondary N) is 2. The molecule has 0 bridgehead atoms. The fourth-order valence-electron chi connectivity index (χ4n) is 3.63. The second-order valence-corrected chi connectivity index (χ2v) is 11.6. The first-order valence-corrected chi connectivity index (χ1v) is 13.4. The number of carbonyl (C=O) groups is 2. The summed E-state index contributed by atoms with van der Waals surface area (Å²) >= 11 is 1.15. The van der Waals surface area contributed by atoms with Crippen LogP contribution in [0.2, 0.25) is 0 Å². The van der Waals surface area contributed by atoms with Crippen molar-refractivity contribution in [2.75, 3.05) is 26.0 Å². The van der Waals surface area contributed by atoms with E-state index in [1.807, 2.05) is 32.2 Å². The van der Waals surface area contributed by atoms with Crippen LogP contribution < -0.4 is 10.6 Å². The minimum Gasteiger partial charge on any atom is -0.384 e. The quantitative estimate of drug-likeness (QED) is 0.427. The Morgan fingerprint density at radius 2 is 2.09 bits per heavy atom. The number of aryl methyl sites for hydroxylation is 2. The molecule has 1 fully saturated rings. The highest BCUT2D eigenvalue weighted by atomic mass is 32.2. The maximum absolute atomic E-state index is 13.1. The third kappa shape index (κ3) is 5.29. The number of benzene rings is 1. The van der Waals surface area contributed by atoms with Gasteiger partial charge in [-0.2, -0.15) is 5.10 Å². The molecule has 12 heteroatoms. The maximum Gasteiger partial charge on any atom is 0.245 e. The summed E-state index contributed by atoms with van der Waals surface area (Å²) in [6, 6.07) is 5.85.